The van der Waals surface area contributed by atoms with Gasteiger partial charge in [0.05, 0.1) is 10.6 Å². The summed E-state index contributed by atoms with van der Waals surface area (Å²) in [5.41, 5.74) is 2.07. The van der Waals surface area contributed by atoms with Gasteiger partial charge in [0.1, 0.15) is 5.75 Å². The number of hydrogen-bond acceptors (Lipinski definition) is 5. The Morgan fingerprint density at radius 1 is 1.16 bits per heavy atom. The molecule has 0 atom stereocenters. The summed E-state index contributed by atoms with van der Waals surface area (Å²) in [4.78, 5) is 15.5. The molecule has 0 spiro atoms. The molecule has 1 saturated heterocycles. The molecule has 4 rings (SSSR count). The SMILES string of the molecule is CC/C(C)=N\N=C1/S/C(=C\c2cc(Cl)ccc2O)C(=O)N1c1cccc2ccccc12. The largest absolute Gasteiger partial charge is 0.507 e. The van der Waals surface area contributed by atoms with Crippen LogP contribution in [-0.2, 0) is 4.79 Å². The van der Waals surface area contributed by atoms with Crippen molar-refractivity contribution in [2.75, 3.05) is 4.90 Å². The van der Waals surface area contributed by atoms with Gasteiger partial charge in [-0.2, -0.15) is 5.10 Å². The van der Waals surface area contributed by atoms with Crippen molar-refractivity contribution in [3.8, 4) is 5.75 Å². The van der Waals surface area contributed by atoms with Crippen molar-refractivity contribution < 1.29 is 9.90 Å². The maximum atomic E-state index is 13.5. The van der Waals surface area contributed by atoms with Gasteiger partial charge in [-0.3, -0.25) is 9.69 Å². The van der Waals surface area contributed by atoms with E-state index in [1.54, 1.807) is 23.1 Å². The Hall–Kier alpha value is -3.09. The minimum Gasteiger partial charge on any atom is -0.507 e. The summed E-state index contributed by atoms with van der Waals surface area (Å²) in [6.45, 7) is 3.90. The smallest absolute Gasteiger partial charge is 0.271 e. The topological polar surface area (TPSA) is 65.3 Å². The third-order valence-corrected chi connectivity index (χ3v) is 6.10. The van der Waals surface area contributed by atoms with Crippen molar-refractivity contribution in [3.63, 3.8) is 0 Å². The van der Waals surface area contributed by atoms with E-state index in [4.69, 9.17) is 11.6 Å². The molecule has 5 nitrogen and oxygen atoms in total. The fourth-order valence-corrected chi connectivity index (χ4v) is 4.23. The molecule has 0 saturated carbocycles. The Balaban J connectivity index is 1.86. The average molecular weight is 450 g/mol. The van der Waals surface area contributed by atoms with Gasteiger partial charge in [-0.15, -0.1) is 5.10 Å². The molecule has 7 heteroatoms. The quantitative estimate of drug-likeness (QED) is 0.282. The summed E-state index contributed by atoms with van der Waals surface area (Å²) >= 11 is 7.29. The zero-order chi connectivity index (χ0) is 22.0. The molecular weight excluding hydrogens is 430 g/mol. The first kappa shape index (κ1) is 21.2. The van der Waals surface area contributed by atoms with Crippen molar-refractivity contribution in [1.82, 2.24) is 0 Å². The van der Waals surface area contributed by atoms with E-state index in [1.807, 2.05) is 56.3 Å². The fraction of sp³-hybridized carbons (Fsp3) is 0.125. The Labute approximate surface area is 189 Å². The van der Waals surface area contributed by atoms with Crippen LogP contribution in [0.25, 0.3) is 16.8 Å². The minimum absolute atomic E-state index is 0.0484. The lowest BCUT2D eigenvalue weighted by Gasteiger charge is -2.17. The molecule has 1 N–H and O–H groups in total. The number of thioether (sulfide) groups is 1. The summed E-state index contributed by atoms with van der Waals surface area (Å²) in [7, 11) is 0. The number of amidine groups is 1. The van der Waals surface area contributed by atoms with Gasteiger partial charge in [0.25, 0.3) is 5.91 Å². The maximum Gasteiger partial charge on any atom is 0.271 e. The van der Waals surface area contributed by atoms with Crippen molar-refractivity contribution in [3.05, 3.63) is 76.2 Å². The molecule has 0 aromatic heterocycles. The van der Waals surface area contributed by atoms with E-state index in [1.165, 1.54) is 17.8 Å². The van der Waals surface area contributed by atoms with Crippen molar-refractivity contribution in [1.29, 1.82) is 0 Å². The third-order valence-electron chi connectivity index (χ3n) is 4.91. The molecule has 1 aliphatic rings. The summed E-state index contributed by atoms with van der Waals surface area (Å²) in [6, 6.07) is 18.4. The summed E-state index contributed by atoms with van der Waals surface area (Å²) in [5, 5.41) is 21.8. The van der Waals surface area contributed by atoms with Gasteiger partial charge >= 0.3 is 0 Å². The van der Waals surface area contributed by atoms with E-state index < -0.39 is 0 Å². The number of carbonyl (C=O) groups excluding carboxylic acids is 1. The highest BCUT2D eigenvalue weighted by molar-refractivity contribution is 8.19. The van der Waals surface area contributed by atoms with Crippen LogP contribution in [0.3, 0.4) is 0 Å². The second-order valence-corrected chi connectivity index (χ2v) is 8.47. The zero-order valence-corrected chi connectivity index (χ0v) is 18.6. The molecule has 1 fully saturated rings. The number of hydrogen-bond donors (Lipinski definition) is 1. The molecule has 31 heavy (non-hydrogen) atoms. The number of anilines is 1. The molecular formula is C24H20ClN3O2S. The van der Waals surface area contributed by atoms with Gasteiger partial charge in [-0.05, 0) is 60.8 Å². The van der Waals surface area contributed by atoms with Gasteiger partial charge in [0, 0.05) is 21.7 Å². The van der Waals surface area contributed by atoms with Crippen LogP contribution in [0.2, 0.25) is 5.02 Å². The number of nitrogens with zero attached hydrogens (tertiary/aromatic N) is 3. The lowest BCUT2D eigenvalue weighted by Crippen LogP contribution is -2.28. The Bertz CT molecular complexity index is 1260. The Kier molecular flexibility index (Phi) is 6.11. The number of amides is 1. The number of fused-ring (bicyclic) bond motifs is 1. The molecule has 3 aromatic rings. The molecule has 0 unspecified atom stereocenters. The van der Waals surface area contributed by atoms with Crippen molar-refractivity contribution >= 4 is 62.7 Å². The van der Waals surface area contributed by atoms with Crippen LogP contribution in [0.1, 0.15) is 25.8 Å². The van der Waals surface area contributed by atoms with Crippen molar-refractivity contribution in [2.24, 2.45) is 10.2 Å². The predicted molar refractivity (Wildman–Crippen MR) is 131 cm³/mol. The van der Waals surface area contributed by atoms with Crippen LogP contribution in [0.5, 0.6) is 5.75 Å². The Morgan fingerprint density at radius 3 is 2.74 bits per heavy atom. The lowest BCUT2D eigenvalue weighted by atomic mass is 10.1. The van der Waals surface area contributed by atoms with Crippen LogP contribution in [-0.4, -0.2) is 21.9 Å². The summed E-state index contributed by atoms with van der Waals surface area (Å²) < 4.78 is 0. The van der Waals surface area contributed by atoms with Gasteiger partial charge in [-0.1, -0.05) is 54.9 Å². The second-order valence-electron chi connectivity index (χ2n) is 7.02. The van der Waals surface area contributed by atoms with E-state index in [0.29, 0.717) is 20.7 Å². The van der Waals surface area contributed by atoms with E-state index >= 15 is 0 Å². The van der Waals surface area contributed by atoms with E-state index in [2.05, 4.69) is 10.2 Å². The number of carbonyl (C=O) groups is 1. The number of phenols is 1. The van der Waals surface area contributed by atoms with Crippen LogP contribution >= 0.6 is 23.4 Å². The van der Waals surface area contributed by atoms with E-state index in [9.17, 15) is 9.90 Å². The molecule has 1 amide bonds. The molecule has 0 aliphatic carbocycles. The number of rotatable bonds is 4. The number of halogens is 1. The summed E-state index contributed by atoms with van der Waals surface area (Å²) in [5.74, 6) is -0.184. The normalized spacial score (nSPS) is 17.3. The van der Waals surface area contributed by atoms with Crippen LogP contribution in [0.15, 0.2) is 75.8 Å². The number of aromatic hydroxyl groups is 1. The van der Waals surface area contributed by atoms with Crippen LogP contribution in [0.4, 0.5) is 5.69 Å². The average Bonchev–Trinajstić information content (AvgIpc) is 3.09. The highest BCUT2D eigenvalue weighted by Crippen LogP contribution is 2.40. The van der Waals surface area contributed by atoms with Crippen molar-refractivity contribution in [2.45, 2.75) is 20.3 Å². The van der Waals surface area contributed by atoms with Crippen LogP contribution in [0, 0.1) is 0 Å². The van der Waals surface area contributed by atoms with Crippen LogP contribution < -0.4 is 4.90 Å². The number of benzene rings is 3. The van der Waals surface area contributed by atoms with E-state index in [-0.39, 0.29) is 11.7 Å². The second kappa shape index (κ2) is 8.96. The Morgan fingerprint density at radius 2 is 1.94 bits per heavy atom. The molecule has 1 heterocycles. The van der Waals surface area contributed by atoms with Gasteiger partial charge in [0.15, 0.2) is 0 Å². The maximum absolute atomic E-state index is 13.5. The zero-order valence-electron chi connectivity index (χ0n) is 17.0. The lowest BCUT2D eigenvalue weighted by molar-refractivity contribution is -0.113. The molecule has 3 aromatic carbocycles. The minimum atomic E-state index is -0.233. The first-order chi connectivity index (χ1) is 15.0. The first-order valence-electron chi connectivity index (χ1n) is 9.79. The van der Waals surface area contributed by atoms with Gasteiger partial charge < -0.3 is 5.11 Å². The van der Waals surface area contributed by atoms with Gasteiger partial charge in [0.2, 0.25) is 5.17 Å². The first-order valence-corrected chi connectivity index (χ1v) is 11.0. The highest BCUT2D eigenvalue weighted by atomic mass is 35.5. The number of phenolic OH excluding ortho intramolecular Hbond substituents is 1. The fourth-order valence-electron chi connectivity index (χ4n) is 3.14. The third kappa shape index (κ3) is 4.36. The predicted octanol–water partition coefficient (Wildman–Crippen LogP) is 6.46. The molecule has 156 valence electrons. The molecule has 0 bridgehead atoms. The summed E-state index contributed by atoms with van der Waals surface area (Å²) in [6.07, 6.45) is 2.40. The van der Waals surface area contributed by atoms with Gasteiger partial charge in [-0.25, -0.2) is 0 Å². The molecule has 1 aliphatic heterocycles. The molecule has 0 radical (unpaired) electrons. The standard InChI is InChI=1S/C24H20ClN3O2S/c1-3-15(2)26-27-24-28(20-10-6-8-16-7-4-5-9-19(16)20)23(30)22(31-24)14-17-13-18(25)11-12-21(17)29/h4-14,29H,3H2,1-2H3/b22-14-,26-15-,27-24-. The van der Waals surface area contributed by atoms with E-state index in [0.717, 1.165) is 28.6 Å². The highest BCUT2D eigenvalue weighted by Gasteiger charge is 2.36. The monoisotopic (exact) mass is 449 g/mol.